The number of nitrogens with zero attached hydrogens (tertiary/aromatic N) is 1. The highest BCUT2D eigenvalue weighted by atomic mass is 32.1. The number of hydrogen-bond acceptors (Lipinski definition) is 5. The zero-order valence-corrected chi connectivity index (χ0v) is 19.0. The number of benzene rings is 1. The molecule has 0 amide bonds. The Bertz CT molecular complexity index is 733. The molecule has 1 heterocycles. The predicted octanol–water partition coefficient (Wildman–Crippen LogP) is 5.25. The first-order valence-electron chi connectivity index (χ1n) is 11.0. The summed E-state index contributed by atoms with van der Waals surface area (Å²) in [5.41, 5.74) is 6.50. The first-order chi connectivity index (χ1) is 14.3. The molecule has 0 spiro atoms. The van der Waals surface area contributed by atoms with Gasteiger partial charge in [-0.1, -0.05) is 38.3 Å². The first-order valence-corrected chi connectivity index (χ1v) is 11.9. The van der Waals surface area contributed by atoms with E-state index in [0.29, 0.717) is 6.04 Å². The Morgan fingerprint density at radius 3 is 2.76 bits per heavy atom. The van der Waals surface area contributed by atoms with Gasteiger partial charge in [-0.2, -0.15) is 0 Å². The average molecular weight is 417 g/mol. The normalized spacial score (nSPS) is 16.1. The van der Waals surface area contributed by atoms with E-state index in [1.165, 1.54) is 41.7 Å². The summed E-state index contributed by atoms with van der Waals surface area (Å²) in [6.45, 7) is 4.40. The summed E-state index contributed by atoms with van der Waals surface area (Å²) < 4.78 is 11.2. The molecule has 4 nitrogen and oxygen atoms in total. The topological polar surface area (TPSA) is 33.7 Å². The van der Waals surface area contributed by atoms with Gasteiger partial charge in [0, 0.05) is 29.6 Å². The molecule has 0 radical (unpaired) electrons. The zero-order valence-electron chi connectivity index (χ0n) is 18.2. The highest BCUT2D eigenvalue weighted by Crippen LogP contribution is 2.38. The quantitative estimate of drug-likeness (QED) is 0.378. The van der Waals surface area contributed by atoms with Crippen molar-refractivity contribution in [3.8, 4) is 11.5 Å². The van der Waals surface area contributed by atoms with E-state index in [1.54, 1.807) is 14.2 Å². The van der Waals surface area contributed by atoms with Crippen LogP contribution in [0.15, 0.2) is 29.6 Å². The maximum Gasteiger partial charge on any atom is 0.164 e. The summed E-state index contributed by atoms with van der Waals surface area (Å²) in [7, 11) is 3.46. The average Bonchev–Trinajstić information content (AvgIpc) is 3.27. The number of nitrogens with one attached hydrogen (secondary N) is 1. The molecule has 1 aliphatic carbocycles. The van der Waals surface area contributed by atoms with Gasteiger partial charge in [-0.3, -0.25) is 5.43 Å². The lowest BCUT2D eigenvalue weighted by molar-refractivity contribution is 0.109. The Hall–Kier alpha value is -1.56. The number of ether oxygens (including phenoxy) is 2. The van der Waals surface area contributed by atoms with Crippen LogP contribution >= 0.6 is 11.3 Å². The van der Waals surface area contributed by atoms with Crippen molar-refractivity contribution < 1.29 is 9.47 Å². The van der Waals surface area contributed by atoms with Crippen molar-refractivity contribution in [2.45, 2.75) is 64.3 Å². The minimum Gasteiger partial charge on any atom is -0.493 e. The van der Waals surface area contributed by atoms with Gasteiger partial charge in [0.15, 0.2) is 11.5 Å². The van der Waals surface area contributed by atoms with Gasteiger partial charge in [-0.05, 0) is 55.2 Å². The van der Waals surface area contributed by atoms with Crippen molar-refractivity contribution in [2.24, 2.45) is 0 Å². The van der Waals surface area contributed by atoms with Crippen molar-refractivity contribution in [3.63, 3.8) is 0 Å². The highest BCUT2D eigenvalue weighted by molar-refractivity contribution is 7.09. The van der Waals surface area contributed by atoms with Gasteiger partial charge in [-0.25, -0.2) is 5.01 Å². The molecule has 0 aliphatic heterocycles. The molecule has 1 aromatic heterocycles. The Balaban J connectivity index is 1.65. The summed E-state index contributed by atoms with van der Waals surface area (Å²) >= 11 is 1.85. The summed E-state index contributed by atoms with van der Waals surface area (Å²) in [6.07, 6.45) is 9.53. The van der Waals surface area contributed by atoms with Crippen molar-refractivity contribution in [3.05, 3.63) is 45.6 Å². The van der Waals surface area contributed by atoms with E-state index in [2.05, 4.69) is 47.0 Å². The van der Waals surface area contributed by atoms with E-state index in [4.69, 9.17) is 9.47 Å². The third-order valence-corrected chi connectivity index (χ3v) is 6.82. The molecular weight excluding hydrogens is 380 g/mol. The Morgan fingerprint density at radius 1 is 1.14 bits per heavy atom. The Labute approximate surface area is 180 Å². The lowest BCUT2D eigenvalue weighted by Crippen LogP contribution is -2.49. The van der Waals surface area contributed by atoms with Gasteiger partial charge < -0.3 is 9.47 Å². The second-order valence-electron chi connectivity index (χ2n) is 7.83. The molecular formula is C24H36N2O2S. The lowest BCUT2D eigenvalue weighted by Gasteiger charge is -2.36. The summed E-state index contributed by atoms with van der Waals surface area (Å²) in [4.78, 5) is 1.45. The van der Waals surface area contributed by atoms with E-state index < -0.39 is 0 Å². The van der Waals surface area contributed by atoms with Crippen LogP contribution in [0.1, 0.15) is 55.0 Å². The van der Waals surface area contributed by atoms with Gasteiger partial charge >= 0.3 is 0 Å². The van der Waals surface area contributed by atoms with E-state index in [9.17, 15) is 0 Å². The molecule has 1 atom stereocenters. The first kappa shape index (κ1) is 22.1. The molecule has 0 bridgehead atoms. The molecule has 1 N–H and O–H groups in total. The van der Waals surface area contributed by atoms with Crippen molar-refractivity contribution >= 4 is 11.3 Å². The molecule has 1 aliphatic rings. The maximum absolute atomic E-state index is 5.68. The van der Waals surface area contributed by atoms with Crippen LogP contribution in [0.5, 0.6) is 11.5 Å². The van der Waals surface area contributed by atoms with Gasteiger partial charge in [-0.15, -0.1) is 11.3 Å². The molecule has 160 valence electrons. The van der Waals surface area contributed by atoms with Gasteiger partial charge in [0.2, 0.25) is 0 Å². The van der Waals surface area contributed by atoms with Crippen LogP contribution in [-0.4, -0.2) is 38.4 Å². The van der Waals surface area contributed by atoms with Crippen molar-refractivity contribution in [1.29, 1.82) is 0 Å². The number of thiophene rings is 1. The molecule has 29 heavy (non-hydrogen) atoms. The summed E-state index contributed by atoms with van der Waals surface area (Å²) in [5, 5.41) is 4.69. The fourth-order valence-corrected chi connectivity index (χ4v) is 5.02. The second kappa shape index (κ2) is 11.6. The molecule has 0 saturated heterocycles. The molecule has 3 rings (SSSR count). The lowest BCUT2D eigenvalue weighted by atomic mass is 9.87. The number of hydrogen-bond donors (Lipinski definition) is 1. The standard InChI is InChI=1S/C24H36N2O2S/c1-4-5-6-7-16-26(25-15-14-21-9-8-17-29-21)20-11-12-22-19(18-20)10-13-23(27-2)24(22)28-3/h8-10,13,17,20,25H,4-7,11-12,14-16,18H2,1-3H3. The van der Waals surface area contributed by atoms with E-state index in [0.717, 1.165) is 50.3 Å². The van der Waals surface area contributed by atoms with Gasteiger partial charge in [0.05, 0.1) is 14.2 Å². The molecule has 5 heteroatoms. The summed E-state index contributed by atoms with van der Waals surface area (Å²) in [5.74, 6) is 1.76. The predicted molar refractivity (Wildman–Crippen MR) is 122 cm³/mol. The molecule has 2 aromatic rings. The van der Waals surface area contributed by atoms with Crippen LogP contribution in [0.2, 0.25) is 0 Å². The molecule has 1 unspecified atom stereocenters. The monoisotopic (exact) mass is 416 g/mol. The molecule has 0 fully saturated rings. The highest BCUT2D eigenvalue weighted by Gasteiger charge is 2.27. The van der Waals surface area contributed by atoms with Gasteiger partial charge in [0.1, 0.15) is 0 Å². The Kier molecular flexibility index (Phi) is 8.84. The fourth-order valence-electron chi connectivity index (χ4n) is 4.31. The fraction of sp³-hybridized carbons (Fsp3) is 0.583. The van der Waals surface area contributed by atoms with Crippen LogP contribution in [0.4, 0.5) is 0 Å². The van der Waals surface area contributed by atoms with Gasteiger partial charge in [0.25, 0.3) is 0 Å². The van der Waals surface area contributed by atoms with E-state index >= 15 is 0 Å². The minimum atomic E-state index is 0.533. The smallest absolute Gasteiger partial charge is 0.164 e. The second-order valence-corrected chi connectivity index (χ2v) is 8.86. The van der Waals surface area contributed by atoms with Crippen molar-refractivity contribution in [1.82, 2.24) is 10.4 Å². The SMILES string of the molecule is CCCCCCN(NCCc1cccs1)C1CCc2c(ccc(OC)c2OC)C1. The van der Waals surface area contributed by atoms with Crippen LogP contribution in [0.25, 0.3) is 0 Å². The van der Waals surface area contributed by atoms with Crippen LogP contribution in [0.3, 0.4) is 0 Å². The number of hydrazine groups is 1. The number of methoxy groups -OCH3 is 2. The number of fused-ring (bicyclic) bond motifs is 1. The van der Waals surface area contributed by atoms with Crippen LogP contribution in [-0.2, 0) is 19.3 Å². The number of rotatable bonds is 12. The zero-order chi connectivity index (χ0) is 20.5. The van der Waals surface area contributed by atoms with E-state index in [1.807, 2.05) is 11.3 Å². The van der Waals surface area contributed by atoms with Crippen molar-refractivity contribution in [2.75, 3.05) is 27.3 Å². The molecule has 1 aromatic carbocycles. The molecule has 0 saturated carbocycles. The third-order valence-electron chi connectivity index (χ3n) is 5.89. The third kappa shape index (κ3) is 5.97. The minimum absolute atomic E-state index is 0.533. The number of unbranched alkanes of at least 4 members (excludes halogenated alkanes) is 3. The Morgan fingerprint density at radius 2 is 2.03 bits per heavy atom. The van der Waals surface area contributed by atoms with Crippen LogP contribution in [0, 0.1) is 0 Å². The van der Waals surface area contributed by atoms with E-state index in [-0.39, 0.29) is 0 Å². The summed E-state index contributed by atoms with van der Waals surface area (Å²) in [6, 6.07) is 9.18. The van der Waals surface area contributed by atoms with Crippen LogP contribution < -0.4 is 14.9 Å². The maximum atomic E-state index is 5.68. The largest absolute Gasteiger partial charge is 0.493 e.